The molecule has 2 saturated heterocycles. The summed E-state index contributed by atoms with van der Waals surface area (Å²) in [6, 6.07) is 36.8. The predicted octanol–water partition coefficient (Wildman–Crippen LogP) is 7.87. The lowest BCUT2D eigenvalue weighted by Gasteiger charge is -2.35. The first kappa shape index (κ1) is 55.1. The van der Waals surface area contributed by atoms with E-state index in [1.54, 1.807) is 29.5 Å². The summed E-state index contributed by atoms with van der Waals surface area (Å²) in [6.07, 6.45) is -0.657. The SMILES string of the molecule is Cc1ncsc1-c1ccc(CNC(=O)[C@@H]2C[C@@H](Oc3ccc4c(c3)CN([C@H](C(=O)N3C[C@H](O)C[C@H]3C(=O)NCc3ccc(-c5ccccc5)cc3)C(C)C)C4=O)CN2C(=O)[C@@H](NC(=O)CCc2ccccc2)C(C)(C)C)cc1. The third-order valence-electron chi connectivity index (χ3n) is 15.0. The largest absolute Gasteiger partial charge is 0.488 e. The van der Waals surface area contributed by atoms with Crippen LogP contribution < -0.4 is 20.7 Å². The molecule has 4 heterocycles. The molecule has 5 aromatic carbocycles. The van der Waals surface area contributed by atoms with Crippen LogP contribution in [0.1, 0.15) is 92.2 Å². The molecule has 6 aromatic rings. The molecule has 0 saturated carbocycles. The Morgan fingerprint density at radius 1 is 0.731 bits per heavy atom. The first-order valence-electron chi connectivity index (χ1n) is 26.8. The van der Waals surface area contributed by atoms with E-state index in [-0.39, 0.29) is 81.5 Å². The highest BCUT2D eigenvalue weighted by Gasteiger charge is 2.48. The maximum atomic E-state index is 14.8. The molecule has 6 atom stereocenters. The Morgan fingerprint density at radius 3 is 1.92 bits per heavy atom. The lowest BCUT2D eigenvalue weighted by atomic mass is 9.85. The minimum absolute atomic E-state index is 0.0448. The summed E-state index contributed by atoms with van der Waals surface area (Å²) < 4.78 is 6.61. The van der Waals surface area contributed by atoms with Crippen LogP contribution in [0.25, 0.3) is 21.6 Å². The molecule has 9 rings (SSSR count). The van der Waals surface area contributed by atoms with Gasteiger partial charge in [-0.15, -0.1) is 11.3 Å². The predicted molar refractivity (Wildman–Crippen MR) is 300 cm³/mol. The third kappa shape index (κ3) is 12.7. The van der Waals surface area contributed by atoms with E-state index < -0.39 is 53.6 Å². The first-order valence-corrected chi connectivity index (χ1v) is 27.7. The number of hydrogen-bond donors (Lipinski definition) is 4. The molecule has 2 fully saturated rings. The number of carbonyl (C=O) groups is 6. The fraction of sp³-hybridized carbons (Fsp3) is 0.371. The minimum atomic E-state index is -0.955. The number of aryl methyl sites for hydroxylation is 2. The van der Waals surface area contributed by atoms with Gasteiger partial charge in [-0.05, 0) is 81.8 Å². The number of likely N-dealkylation sites (tertiary alicyclic amines) is 2. The van der Waals surface area contributed by atoms with E-state index in [4.69, 9.17) is 4.74 Å². The first-order chi connectivity index (χ1) is 37.4. The number of β-amino-alcohol motifs (C(OH)–C–C–N with tert-alkyl or cyclic N) is 1. The van der Waals surface area contributed by atoms with Gasteiger partial charge in [0.2, 0.25) is 29.5 Å². The number of rotatable bonds is 18. The molecular weight excluding hydrogens is 1000 g/mol. The second-order valence-electron chi connectivity index (χ2n) is 22.1. The molecule has 15 nitrogen and oxygen atoms in total. The monoisotopic (exact) mass is 1070 g/mol. The van der Waals surface area contributed by atoms with Gasteiger partial charge in [-0.2, -0.15) is 0 Å². The molecule has 3 aliphatic heterocycles. The molecule has 78 heavy (non-hydrogen) atoms. The number of aliphatic hydroxyl groups excluding tert-OH is 1. The standard InChI is InChI=1S/C62H69N7O8S/c1-38(2)54(60(75)67-35-47(70)30-51(67)57(72)63-32-41-17-22-44(23-18-41)43-15-11-8-12-16-43)69-34-46-29-48(26-27-50(46)59(69)74)77-49-31-52(58(73)64-33-42-19-24-45(25-20-42)55-39(3)65-37-78-55)68(36-49)61(76)56(62(4,5)6)66-53(71)28-21-40-13-9-7-10-14-40/h7-20,22-27,29,37-38,47,49,51-52,54,56,70H,21,28,30-36H2,1-6H3,(H,63,72)(H,64,73)(H,66,71)/t47-,49-,51+,52+,54+,56-/m1/s1. The normalized spacial score (nSPS) is 18.9. The highest BCUT2D eigenvalue weighted by molar-refractivity contribution is 7.13. The lowest BCUT2D eigenvalue weighted by molar-refractivity contribution is -0.144. The van der Waals surface area contributed by atoms with Gasteiger partial charge in [0, 0.05) is 51.0 Å². The molecule has 0 aliphatic carbocycles. The molecule has 0 unspecified atom stereocenters. The van der Waals surface area contributed by atoms with Gasteiger partial charge in [-0.3, -0.25) is 28.8 Å². The van der Waals surface area contributed by atoms with Crippen molar-refractivity contribution in [3.05, 3.63) is 166 Å². The van der Waals surface area contributed by atoms with Crippen LogP contribution >= 0.6 is 11.3 Å². The van der Waals surface area contributed by atoms with Crippen molar-refractivity contribution in [3.8, 4) is 27.3 Å². The smallest absolute Gasteiger partial charge is 0.255 e. The molecule has 0 bridgehead atoms. The molecule has 3 aliphatic rings. The van der Waals surface area contributed by atoms with E-state index in [2.05, 4.69) is 20.9 Å². The van der Waals surface area contributed by atoms with Crippen molar-refractivity contribution < 1.29 is 38.6 Å². The van der Waals surface area contributed by atoms with E-state index >= 15 is 0 Å². The van der Waals surface area contributed by atoms with Crippen molar-refractivity contribution >= 4 is 46.8 Å². The summed E-state index contributed by atoms with van der Waals surface area (Å²) in [4.78, 5) is 95.3. The topological polar surface area (TPSA) is 191 Å². The number of amides is 6. The zero-order chi connectivity index (χ0) is 55.3. The number of benzene rings is 5. The summed E-state index contributed by atoms with van der Waals surface area (Å²) >= 11 is 1.56. The average Bonchev–Trinajstić information content (AvgIpc) is 4.24. The lowest BCUT2D eigenvalue weighted by Crippen LogP contribution is -2.57. The highest BCUT2D eigenvalue weighted by atomic mass is 32.1. The Balaban J connectivity index is 0.879. The van der Waals surface area contributed by atoms with E-state index in [1.807, 2.05) is 156 Å². The molecule has 16 heteroatoms. The van der Waals surface area contributed by atoms with Gasteiger partial charge in [-0.25, -0.2) is 4.98 Å². The number of aliphatic hydroxyl groups is 1. The van der Waals surface area contributed by atoms with Gasteiger partial charge in [-0.1, -0.05) is 144 Å². The number of fused-ring (bicyclic) bond motifs is 1. The minimum Gasteiger partial charge on any atom is -0.488 e. The van der Waals surface area contributed by atoms with Crippen LogP contribution in [-0.4, -0.2) is 110 Å². The maximum absolute atomic E-state index is 14.8. The summed E-state index contributed by atoms with van der Waals surface area (Å²) in [6.45, 7) is 11.9. The number of ether oxygens (including phenoxy) is 1. The van der Waals surface area contributed by atoms with Gasteiger partial charge in [0.25, 0.3) is 5.91 Å². The van der Waals surface area contributed by atoms with Crippen LogP contribution in [-0.2, 0) is 50.0 Å². The van der Waals surface area contributed by atoms with Gasteiger partial charge >= 0.3 is 0 Å². The third-order valence-corrected chi connectivity index (χ3v) is 16.0. The van der Waals surface area contributed by atoms with E-state index in [1.165, 1.54) is 14.7 Å². The van der Waals surface area contributed by atoms with Crippen molar-refractivity contribution in [2.75, 3.05) is 13.1 Å². The van der Waals surface area contributed by atoms with Gasteiger partial charge in [0.05, 0.1) is 28.7 Å². The summed E-state index contributed by atoms with van der Waals surface area (Å²) in [5, 5.41) is 19.9. The number of nitrogens with one attached hydrogen (secondary N) is 3. The quantitative estimate of drug-likeness (QED) is 0.0664. The van der Waals surface area contributed by atoms with Crippen molar-refractivity contribution in [2.45, 2.75) is 123 Å². The number of nitrogens with zero attached hydrogens (tertiary/aromatic N) is 4. The van der Waals surface area contributed by atoms with E-state index in [9.17, 15) is 33.9 Å². The Bertz CT molecular complexity index is 3120. The average molecular weight is 1070 g/mol. The van der Waals surface area contributed by atoms with Crippen LogP contribution in [0, 0.1) is 18.3 Å². The fourth-order valence-electron chi connectivity index (χ4n) is 10.8. The Hall–Kier alpha value is -7.69. The zero-order valence-corrected chi connectivity index (χ0v) is 45.9. The zero-order valence-electron chi connectivity index (χ0n) is 45.1. The van der Waals surface area contributed by atoms with Gasteiger partial charge in [0.15, 0.2) is 0 Å². The van der Waals surface area contributed by atoms with E-state index in [0.717, 1.165) is 44.0 Å². The van der Waals surface area contributed by atoms with Crippen molar-refractivity contribution in [1.29, 1.82) is 0 Å². The van der Waals surface area contributed by atoms with Crippen molar-refractivity contribution in [2.24, 2.45) is 11.3 Å². The molecule has 0 radical (unpaired) electrons. The van der Waals surface area contributed by atoms with Gasteiger partial charge < -0.3 is 40.5 Å². The Morgan fingerprint density at radius 2 is 1.32 bits per heavy atom. The summed E-state index contributed by atoms with van der Waals surface area (Å²) in [5.41, 5.74) is 9.00. The van der Waals surface area contributed by atoms with Crippen LogP contribution in [0.15, 0.2) is 133 Å². The number of aromatic nitrogens is 1. The molecule has 6 amide bonds. The highest BCUT2D eigenvalue weighted by Crippen LogP contribution is 2.35. The van der Waals surface area contributed by atoms with Crippen LogP contribution in [0.4, 0.5) is 0 Å². The number of hydrogen-bond acceptors (Lipinski definition) is 10. The van der Waals surface area contributed by atoms with E-state index in [0.29, 0.717) is 23.3 Å². The van der Waals surface area contributed by atoms with Gasteiger partial charge in [0.1, 0.15) is 36.0 Å². The molecular formula is C62H69N7O8S. The Kier molecular flexibility index (Phi) is 16.9. The number of thiazole rings is 1. The Labute approximate surface area is 460 Å². The fourth-order valence-corrected chi connectivity index (χ4v) is 11.6. The molecule has 406 valence electrons. The van der Waals surface area contributed by atoms with Crippen molar-refractivity contribution in [1.82, 2.24) is 35.6 Å². The van der Waals surface area contributed by atoms with Crippen LogP contribution in [0.5, 0.6) is 5.75 Å². The maximum Gasteiger partial charge on any atom is 0.255 e. The van der Waals surface area contributed by atoms with Crippen LogP contribution in [0.3, 0.4) is 0 Å². The van der Waals surface area contributed by atoms with Crippen LogP contribution in [0.2, 0.25) is 0 Å². The van der Waals surface area contributed by atoms with Crippen molar-refractivity contribution in [3.63, 3.8) is 0 Å². The summed E-state index contributed by atoms with van der Waals surface area (Å²) in [7, 11) is 0. The second-order valence-corrected chi connectivity index (χ2v) is 23.0. The summed E-state index contributed by atoms with van der Waals surface area (Å²) in [5.74, 6) is -2.12. The number of carbonyl (C=O) groups excluding carboxylic acids is 6. The second kappa shape index (κ2) is 23.9. The molecule has 0 spiro atoms. The molecule has 1 aromatic heterocycles. The molecule has 4 N–H and O–H groups in total.